The van der Waals surface area contributed by atoms with Crippen LogP contribution in [0.3, 0.4) is 0 Å². The molecule has 15 heavy (non-hydrogen) atoms. The van der Waals surface area contributed by atoms with Gasteiger partial charge >= 0.3 is 6.09 Å². The van der Waals surface area contributed by atoms with E-state index >= 15 is 0 Å². The van der Waals surface area contributed by atoms with Crippen molar-refractivity contribution < 1.29 is 18.7 Å². The third-order valence-corrected chi connectivity index (χ3v) is 2.60. The SMILES string of the molecule is C[C@H](NC(=O)O)c1cc(F)c(Br)c(F)c1. The van der Waals surface area contributed by atoms with E-state index in [-0.39, 0.29) is 10.0 Å². The molecule has 0 unspecified atom stereocenters. The highest BCUT2D eigenvalue weighted by molar-refractivity contribution is 9.10. The van der Waals surface area contributed by atoms with Crippen LogP contribution in [0, 0.1) is 11.6 Å². The Labute approximate surface area is 93.2 Å². The molecule has 1 atom stereocenters. The molecule has 0 aliphatic heterocycles. The molecule has 2 N–H and O–H groups in total. The summed E-state index contributed by atoms with van der Waals surface area (Å²) >= 11 is 2.73. The summed E-state index contributed by atoms with van der Waals surface area (Å²) in [6, 6.07) is 1.49. The van der Waals surface area contributed by atoms with Crippen molar-refractivity contribution in [2.24, 2.45) is 0 Å². The van der Waals surface area contributed by atoms with Crippen molar-refractivity contribution in [1.82, 2.24) is 5.32 Å². The first-order chi connectivity index (χ1) is 6.91. The van der Waals surface area contributed by atoms with Crippen LogP contribution in [0.25, 0.3) is 0 Å². The Hall–Kier alpha value is -1.17. The molecule has 1 rings (SSSR count). The van der Waals surface area contributed by atoms with Crippen molar-refractivity contribution >= 4 is 22.0 Å². The molecule has 6 heteroatoms. The minimum absolute atomic E-state index is 0.232. The Morgan fingerprint density at radius 3 is 2.33 bits per heavy atom. The molecule has 0 spiro atoms. The smallest absolute Gasteiger partial charge is 0.405 e. The van der Waals surface area contributed by atoms with Crippen LogP contribution >= 0.6 is 15.9 Å². The molecule has 0 radical (unpaired) electrons. The Morgan fingerprint density at radius 2 is 1.93 bits per heavy atom. The van der Waals surface area contributed by atoms with Gasteiger partial charge in [0.1, 0.15) is 11.6 Å². The van der Waals surface area contributed by atoms with Crippen molar-refractivity contribution in [3.8, 4) is 0 Å². The zero-order valence-corrected chi connectivity index (χ0v) is 9.31. The van der Waals surface area contributed by atoms with Crippen molar-refractivity contribution in [3.63, 3.8) is 0 Å². The molecule has 82 valence electrons. The molecule has 0 fully saturated rings. The van der Waals surface area contributed by atoms with Crippen LogP contribution in [0.2, 0.25) is 0 Å². The molecule has 0 saturated carbocycles. The minimum atomic E-state index is -1.24. The fraction of sp³-hybridized carbons (Fsp3) is 0.222. The molecule has 0 aliphatic rings. The van der Waals surface area contributed by atoms with Gasteiger partial charge in [0.25, 0.3) is 0 Å². The molecule has 1 aromatic rings. The molecule has 0 heterocycles. The van der Waals surface area contributed by atoms with Gasteiger partial charge in [-0.05, 0) is 40.5 Å². The van der Waals surface area contributed by atoms with Gasteiger partial charge in [0.15, 0.2) is 0 Å². The second kappa shape index (κ2) is 4.57. The summed E-state index contributed by atoms with van der Waals surface area (Å²) in [4.78, 5) is 10.3. The van der Waals surface area contributed by atoms with E-state index < -0.39 is 23.8 Å². The van der Waals surface area contributed by atoms with E-state index in [2.05, 4.69) is 21.2 Å². The van der Waals surface area contributed by atoms with Crippen LogP contribution in [0.15, 0.2) is 16.6 Å². The number of rotatable bonds is 2. The van der Waals surface area contributed by atoms with Gasteiger partial charge in [0, 0.05) is 0 Å². The molecular formula is C9H8BrF2NO2. The number of nitrogens with one attached hydrogen (secondary N) is 1. The predicted octanol–water partition coefficient (Wildman–Crippen LogP) is 3.06. The Balaban J connectivity index is 3.00. The molecule has 0 aliphatic carbocycles. The number of hydrogen-bond acceptors (Lipinski definition) is 1. The molecule has 0 bridgehead atoms. The van der Waals surface area contributed by atoms with Gasteiger partial charge in [-0.2, -0.15) is 0 Å². The summed E-state index contributed by atoms with van der Waals surface area (Å²) in [7, 11) is 0. The minimum Gasteiger partial charge on any atom is -0.465 e. The fourth-order valence-corrected chi connectivity index (χ4v) is 1.32. The second-order valence-corrected chi connectivity index (χ2v) is 3.76. The number of halogens is 3. The van der Waals surface area contributed by atoms with Crippen LogP contribution in [0.4, 0.5) is 13.6 Å². The highest BCUT2D eigenvalue weighted by Crippen LogP contribution is 2.24. The third-order valence-electron chi connectivity index (χ3n) is 1.85. The van der Waals surface area contributed by atoms with E-state index in [1.165, 1.54) is 6.92 Å². The van der Waals surface area contributed by atoms with E-state index in [4.69, 9.17) is 5.11 Å². The van der Waals surface area contributed by atoms with Crippen molar-refractivity contribution in [3.05, 3.63) is 33.8 Å². The van der Waals surface area contributed by atoms with Crippen LogP contribution in [-0.2, 0) is 0 Å². The first-order valence-electron chi connectivity index (χ1n) is 4.05. The first-order valence-corrected chi connectivity index (χ1v) is 4.85. The number of carboxylic acid groups (broad SMARTS) is 1. The lowest BCUT2D eigenvalue weighted by molar-refractivity contribution is 0.191. The fourth-order valence-electron chi connectivity index (χ4n) is 1.09. The van der Waals surface area contributed by atoms with Gasteiger partial charge in [0.05, 0.1) is 10.5 Å². The van der Waals surface area contributed by atoms with Gasteiger partial charge < -0.3 is 10.4 Å². The summed E-state index contributed by atoms with van der Waals surface area (Å²) in [5.74, 6) is -1.52. The molecule has 3 nitrogen and oxygen atoms in total. The van der Waals surface area contributed by atoms with E-state index in [0.717, 1.165) is 12.1 Å². The standard InChI is InChI=1S/C9H8BrF2NO2/c1-4(13-9(14)15)5-2-6(11)8(10)7(12)3-5/h2-4,13H,1H3,(H,14,15)/t4-/m0/s1. The topological polar surface area (TPSA) is 49.3 Å². The maximum atomic E-state index is 13.1. The van der Waals surface area contributed by atoms with E-state index in [0.29, 0.717) is 0 Å². The van der Waals surface area contributed by atoms with Crippen LogP contribution < -0.4 is 5.32 Å². The lowest BCUT2D eigenvalue weighted by Crippen LogP contribution is -2.24. The second-order valence-electron chi connectivity index (χ2n) is 2.97. The van der Waals surface area contributed by atoms with E-state index in [1.54, 1.807) is 0 Å². The number of carbonyl (C=O) groups is 1. The monoisotopic (exact) mass is 279 g/mol. The summed E-state index contributed by atoms with van der Waals surface area (Å²) in [6.45, 7) is 1.50. The largest absolute Gasteiger partial charge is 0.465 e. The zero-order valence-electron chi connectivity index (χ0n) is 7.72. The summed E-state index contributed by atoms with van der Waals surface area (Å²) in [5, 5.41) is 10.5. The lowest BCUT2D eigenvalue weighted by atomic mass is 10.1. The van der Waals surface area contributed by atoms with Crippen LogP contribution in [0.5, 0.6) is 0 Å². The Kier molecular flexibility index (Phi) is 3.62. The molecule has 0 aromatic heterocycles. The molecule has 1 aromatic carbocycles. The maximum Gasteiger partial charge on any atom is 0.405 e. The Morgan fingerprint density at radius 1 is 1.47 bits per heavy atom. The highest BCUT2D eigenvalue weighted by Gasteiger charge is 2.13. The van der Waals surface area contributed by atoms with Crippen molar-refractivity contribution in [1.29, 1.82) is 0 Å². The van der Waals surface area contributed by atoms with E-state index in [1.807, 2.05) is 0 Å². The zero-order chi connectivity index (χ0) is 11.6. The third kappa shape index (κ3) is 2.89. The summed E-state index contributed by atoms with van der Waals surface area (Å²) in [6.07, 6.45) is -1.24. The quantitative estimate of drug-likeness (QED) is 0.818. The van der Waals surface area contributed by atoms with E-state index in [9.17, 15) is 13.6 Å². The van der Waals surface area contributed by atoms with Crippen molar-refractivity contribution in [2.45, 2.75) is 13.0 Å². The molecule has 1 amide bonds. The van der Waals surface area contributed by atoms with Gasteiger partial charge in [-0.1, -0.05) is 0 Å². The van der Waals surface area contributed by atoms with Crippen LogP contribution in [0.1, 0.15) is 18.5 Å². The average molecular weight is 280 g/mol. The highest BCUT2D eigenvalue weighted by atomic mass is 79.9. The van der Waals surface area contributed by atoms with Gasteiger partial charge in [-0.25, -0.2) is 13.6 Å². The number of hydrogen-bond donors (Lipinski definition) is 2. The molecular weight excluding hydrogens is 272 g/mol. The van der Waals surface area contributed by atoms with Gasteiger partial charge in [-0.3, -0.25) is 0 Å². The summed E-state index contributed by atoms with van der Waals surface area (Å²) < 4.78 is 25.9. The Bertz CT molecular complexity index is 375. The van der Waals surface area contributed by atoms with Crippen LogP contribution in [-0.4, -0.2) is 11.2 Å². The predicted molar refractivity (Wildman–Crippen MR) is 53.6 cm³/mol. The number of benzene rings is 1. The maximum absolute atomic E-state index is 13.1. The number of amides is 1. The normalized spacial score (nSPS) is 12.3. The van der Waals surface area contributed by atoms with Gasteiger partial charge in [-0.15, -0.1) is 0 Å². The summed E-state index contributed by atoms with van der Waals surface area (Å²) in [5.41, 5.74) is 0.232. The first kappa shape index (κ1) is 11.9. The molecule has 0 saturated heterocycles. The lowest BCUT2D eigenvalue weighted by Gasteiger charge is -2.12. The van der Waals surface area contributed by atoms with Crippen molar-refractivity contribution in [2.75, 3.05) is 0 Å². The average Bonchev–Trinajstić information content (AvgIpc) is 2.12. The van der Waals surface area contributed by atoms with Gasteiger partial charge in [0.2, 0.25) is 0 Å².